The molecule has 0 fully saturated rings. The van der Waals surface area contributed by atoms with E-state index in [1.54, 1.807) is 32.0 Å². The molecule has 0 aliphatic rings. The highest BCUT2D eigenvalue weighted by atomic mass is 32.2. The zero-order valence-electron chi connectivity index (χ0n) is 16.0. The Labute approximate surface area is 164 Å². The van der Waals surface area contributed by atoms with Gasteiger partial charge in [-0.1, -0.05) is 30.3 Å². The second-order valence-electron chi connectivity index (χ2n) is 6.60. The van der Waals surface area contributed by atoms with E-state index < -0.39 is 21.6 Å². The van der Waals surface area contributed by atoms with E-state index in [1.165, 1.54) is 6.07 Å². The van der Waals surface area contributed by atoms with Crippen LogP contribution in [0.1, 0.15) is 25.0 Å². The van der Waals surface area contributed by atoms with Crippen molar-refractivity contribution in [1.29, 1.82) is 0 Å². The Balaban J connectivity index is 0.000000696. The van der Waals surface area contributed by atoms with Crippen LogP contribution in [0, 0.1) is 5.82 Å². The van der Waals surface area contributed by atoms with Gasteiger partial charge in [-0.15, -0.1) is 0 Å². The minimum Gasteiger partial charge on any atom is -0.489 e. The third kappa shape index (κ3) is 9.45. The SMILES string of the molecule is CC(C)(NCc1ccc(OCc2ccccc2F)cc1)C(N)=O.CS(=O)(=O)O. The molecule has 0 aliphatic heterocycles. The van der Waals surface area contributed by atoms with Gasteiger partial charge in [0.05, 0.1) is 11.8 Å². The van der Waals surface area contributed by atoms with Gasteiger partial charge in [0, 0.05) is 12.1 Å². The quantitative estimate of drug-likeness (QED) is 0.600. The molecule has 0 aliphatic carbocycles. The maximum atomic E-state index is 13.5. The number of nitrogens with two attached hydrogens (primary N) is 1. The second-order valence-corrected chi connectivity index (χ2v) is 8.07. The number of ether oxygens (including phenoxy) is 1. The smallest absolute Gasteiger partial charge is 0.261 e. The summed E-state index contributed by atoms with van der Waals surface area (Å²) in [5.41, 5.74) is 6.06. The van der Waals surface area contributed by atoms with E-state index >= 15 is 0 Å². The van der Waals surface area contributed by atoms with Crippen molar-refractivity contribution in [3.63, 3.8) is 0 Å². The molecule has 9 heteroatoms. The van der Waals surface area contributed by atoms with Crippen LogP contribution < -0.4 is 15.8 Å². The molecule has 4 N–H and O–H groups in total. The molecule has 0 radical (unpaired) electrons. The van der Waals surface area contributed by atoms with Gasteiger partial charge in [0.15, 0.2) is 0 Å². The number of benzene rings is 2. The van der Waals surface area contributed by atoms with Crippen molar-refractivity contribution in [2.75, 3.05) is 6.26 Å². The predicted octanol–water partition coefficient (Wildman–Crippen LogP) is 2.26. The maximum absolute atomic E-state index is 13.5. The second kappa shape index (κ2) is 10.2. The molecular weight excluding hydrogens is 387 g/mol. The zero-order chi connectivity index (χ0) is 21.4. The summed E-state index contributed by atoms with van der Waals surface area (Å²) >= 11 is 0. The van der Waals surface area contributed by atoms with Crippen LogP contribution in [0.3, 0.4) is 0 Å². The fraction of sp³-hybridized carbons (Fsp3) is 0.316. The molecule has 0 saturated heterocycles. The van der Waals surface area contributed by atoms with Crippen molar-refractivity contribution < 1.29 is 26.9 Å². The first-order valence-corrected chi connectivity index (χ1v) is 10.2. The highest BCUT2D eigenvalue weighted by Crippen LogP contribution is 2.16. The van der Waals surface area contributed by atoms with Crippen LogP contribution >= 0.6 is 0 Å². The van der Waals surface area contributed by atoms with Gasteiger partial charge in [-0.05, 0) is 37.6 Å². The van der Waals surface area contributed by atoms with E-state index in [9.17, 15) is 17.6 Å². The lowest BCUT2D eigenvalue weighted by atomic mass is 10.0. The summed E-state index contributed by atoms with van der Waals surface area (Å²) < 4.78 is 45.0. The van der Waals surface area contributed by atoms with Crippen molar-refractivity contribution >= 4 is 16.0 Å². The standard InChI is InChI=1S/C18H21FN2O2.CH4O3S/c1-18(2,17(20)22)21-11-13-7-9-15(10-8-13)23-12-14-5-3-4-6-16(14)19;1-5(2,3)4/h3-10,21H,11-12H2,1-2H3,(H2,20,22);1H3,(H,2,3,4). The van der Waals surface area contributed by atoms with Gasteiger partial charge in [0.2, 0.25) is 5.91 Å². The fourth-order valence-electron chi connectivity index (χ4n) is 1.89. The first kappa shape index (κ1) is 23.5. The molecule has 0 heterocycles. The molecule has 0 saturated carbocycles. The molecule has 2 aromatic carbocycles. The van der Waals surface area contributed by atoms with Gasteiger partial charge < -0.3 is 10.5 Å². The molecule has 2 rings (SSSR count). The molecule has 0 spiro atoms. The van der Waals surface area contributed by atoms with Crippen LogP contribution in [0.15, 0.2) is 48.5 Å². The molecule has 0 bridgehead atoms. The van der Waals surface area contributed by atoms with E-state index in [-0.39, 0.29) is 12.4 Å². The number of hydrogen-bond donors (Lipinski definition) is 3. The summed E-state index contributed by atoms with van der Waals surface area (Å²) in [7, 11) is -3.67. The average molecular weight is 412 g/mol. The summed E-state index contributed by atoms with van der Waals surface area (Å²) in [5, 5.41) is 3.09. The molecule has 154 valence electrons. The Morgan fingerprint density at radius 1 is 1.18 bits per heavy atom. The van der Waals surface area contributed by atoms with Gasteiger partial charge in [-0.2, -0.15) is 8.42 Å². The van der Waals surface area contributed by atoms with Crippen LogP contribution in [0.2, 0.25) is 0 Å². The number of nitrogens with one attached hydrogen (secondary N) is 1. The van der Waals surface area contributed by atoms with Crippen molar-refractivity contribution in [1.82, 2.24) is 5.32 Å². The lowest BCUT2D eigenvalue weighted by Crippen LogP contribution is -2.50. The molecule has 7 nitrogen and oxygen atoms in total. The van der Waals surface area contributed by atoms with Crippen LogP contribution in [-0.4, -0.2) is 30.7 Å². The van der Waals surface area contributed by atoms with Gasteiger partial charge >= 0.3 is 0 Å². The molecular formula is C19H25FN2O5S. The van der Waals surface area contributed by atoms with E-state index in [1.807, 2.05) is 24.3 Å². The lowest BCUT2D eigenvalue weighted by Gasteiger charge is -2.22. The predicted molar refractivity (Wildman–Crippen MR) is 105 cm³/mol. The summed E-state index contributed by atoms with van der Waals surface area (Å²) in [5.74, 6) is -0.0180. The third-order valence-electron chi connectivity index (χ3n) is 3.63. The normalized spacial score (nSPS) is 11.3. The van der Waals surface area contributed by atoms with Crippen molar-refractivity contribution in [2.45, 2.75) is 32.5 Å². The molecule has 28 heavy (non-hydrogen) atoms. The Hall–Kier alpha value is -2.49. The monoisotopic (exact) mass is 412 g/mol. The first-order valence-electron chi connectivity index (χ1n) is 8.31. The summed E-state index contributed by atoms with van der Waals surface area (Å²) in [4.78, 5) is 11.3. The fourth-order valence-corrected chi connectivity index (χ4v) is 1.89. The summed E-state index contributed by atoms with van der Waals surface area (Å²) in [6, 6.07) is 13.9. The molecule has 2 aromatic rings. The summed E-state index contributed by atoms with van der Waals surface area (Å²) in [6.45, 7) is 4.17. The van der Waals surface area contributed by atoms with Crippen LogP contribution in [0.5, 0.6) is 5.75 Å². The largest absolute Gasteiger partial charge is 0.489 e. The minimum atomic E-state index is -3.67. The molecule has 0 unspecified atom stereocenters. The summed E-state index contributed by atoms with van der Waals surface area (Å²) in [6.07, 6.45) is 0.715. The van der Waals surface area contributed by atoms with Crippen LogP contribution in [-0.2, 0) is 28.1 Å². The number of carbonyl (C=O) groups excluding carboxylic acids is 1. The number of primary amides is 1. The third-order valence-corrected chi connectivity index (χ3v) is 3.63. The van der Waals surface area contributed by atoms with E-state index in [4.69, 9.17) is 15.0 Å². The van der Waals surface area contributed by atoms with Gasteiger partial charge in [0.1, 0.15) is 18.2 Å². The average Bonchev–Trinajstić information content (AvgIpc) is 2.59. The van der Waals surface area contributed by atoms with Gasteiger partial charge in [-0.3, -0.25) is 14.7 Å². The highest BCUT2D eigenvalue weighted by molar-refractivity contribution is 7.85. The zero-order valence-corrected chi connectivity index (χ0v) is 16.8. The van der Waals surface area contributed by atoms with Crippen molar-refractivity contribution in [2.24, 2.45) is 5.73 Å². The number of rotatable bonds is 7. The van der Waals surface area contributed by atoms with E-state index in [0.717, 1.165) is 5.56 Å². The maximum Gasteiger partial charge on any atom is 0.261 e. The highest BCUT2D eigenvalue weighted by Gasteiger charge is 2.23. The topological polar surface area (TPSA) is 119 Å². The number of amides is 1. The Morgan fingerprint density at radius 3 is 2.21 bits per heavy atom. The Kier molecular flexibility index (Phi) is 8.55. The van der Waals surface area contributed by atoms with Gasteiger partial charge in [0.25, 0.3) is 10.1 Å². The minimum absolute atomic E-state index is 0.180. The van der Waals surface area contributed by atoms with Gasteiger partial charge in [-0.25, -0.2) is 4.39 Å². The van der Waals surface area contributed by atoms with Crippen LogP contribution in [0.4, 0.5) is 4.39 Å². The number of halogens is 1. The first-order chi connectivity index (χ1) is 12.9. The lowest BCUT2D eigenvalue weighted by molar-refractivity contribution is -0.123. The van der Waals surface area contributed by atoms with E-state index in [2.05, 4.69) is 5.32 Å². The molecule has 1 amide bonds. The van der Waals surface area contributed by atoms with E-state index in [0.29, 0.717) is 24.1 Å². The molecule has 0 aromatic heterocycles. The van der Waals surface area contributed by atoms with Crippen LogP contribution in [0.25, 0.3) is 0 Å². The number of carbonyl (C=O) groups is 1. The molecule has 0 atom stereocenters. The Morgan fingerprint density at radius 2 is 1.71 bits per heavy atom. The van der Waals surface area contributed by atoms with Crippen molar-refractivity contribution in [3.8, 4) is 5.75 Å². The van der Waals surface area contributed by atoms with Crippen molar-refractivity contribution in [3.05, 3.63) is 65.5 Å². The Bertz CT molecular complexity index is 875. The number of hydrogen-bond acceptors (Lipinski definition) is 5.